The Labute approximate surface area is 164 Å². The van der Waals surface area contributed by atoms with Crippen molar-refractivity contribution in [1.82, 2.24) is 14.8 Å². The fourth-order valence-electron chi connectivity index (χ4n) is 4.03. The fraction of sp³-hybridized carbons (Fsp3) is 0.476. The van der Waals surface area contributed by atoms with Gasteiger partial charge in [0.1, 0.15) is 23.6 Å². The molecule has 2 fully saturated rings. The summed E-state index contributed by atoms with van der Waals surface area (Å²) in [7, 11) is 1.64. The maximum atomic E-state index is 12.5. The van der Waals surface area contributed by atoms with E-state index >= 15 is 0 Å². The molecule has 3 heterocycles. The van der Waals surface area contributed by atoms with Gasteiger partial charge < -0.3 is 14.4 Å². The Bertz CT molecular complexity index is 910. The van der Waals surface area contributed by atoms with Gasteiger partial charge in [0, 0.05) is 37.3 Å². The number of benzene rings is 1. The molecule has 2 aromatic rings. The number of carbonyl (C=O) groups excluding carboxylic acids is 1. The molecular formula is C21H24N4O3. The minimum absolute atomic E-state index is 0.0332. The smallest absolute Gasteiger partial charge is 0.237 e. The molecule has 0 N–H and O–H groups in total. The molecule has 0 bridgehead atoms. The van der Waals surface area contributed by atoms with Crippen LogP contribution in [0.3, 0.4) is 0 Å². The number of hydrogen-bond acceptors (Lipinski definition) is 6. The lowest BCUT2D eigenvalue weighted by Gasteiger charge is -2.23. The summed E-state index contributed by atoms with van der Waals surface area (Å²) in [5.74, 6) is 1.61. The molecule has 7 heteroatoms. The molecule has 0 radical (unpaired) electrons. The van der Waals surface area contributed by atoms with Crippen molar-refractivity contribution in [2.24, 2.45) is 0 Å². The van der Waals surface area contributed by atoms with Gasteiger partial charge >= 0.3 is 0 Å². The lowest BCUT2D eigenvalue weighted by atomic mass is 10.2. The molecule has 2 aliphatic heterocycles. The minimum Gasteiger partial charge on any atom is -0.497 e. The molecular weight excluding hydrogens is 356 g/mol. The third kappa shape index (κ3) is 3.73. The predicted molar refractivity (Wildman–Crippen MR) is 104 cm³/mol. The number of fused-ring (bicyclic) bond motifs is 1. The average molecular weight is 380 g/mol. The zero-order valence-electron chi connectivity index (χ0n) is 16.0. The Morgan fingerprint density at radius 3 is 3.04 bits per heavy atom. The van der Waals surface area contributed by atoms with Crippen molar-refractivity contribution < 1.29 is 14.3 Å². The van der Waals surface area contributed by atoms with Crippen LogP contribution in [0.4, 0.5) is 0 Å². The van der Waals surface area contributed by atoms with E-state index in [-0.39, 0.29) is 18.1 Å². The number of likely N-dealkylation sites (tertiary alicyclic amines) is 2. The van der Waals surface area contributed by atoms with E-state index < -0.39 is 0 Å². The maximum Gasteiger partial charge on any atom is 0.237 e. The molecule has 2 atom stereocenters. The van der Waals surface area contributed by atoms with Crippen molar-refractivity contribution in [3.05, 3.63) is 30.5 Å². The average Bonchev–Trinajstić information content (AvgIpc) is 3.37. The number of nitrogens with zero attached hydrogens (tertiary/aromatic N) is 4. The van der Waals surface area contributed by atoms with E-state index in [1.54, 1.807) is 18.2 Å². The highest BCUT2D eigenvalue weighted by Gasteiger charge is 2.32. The SMILES string of the molecule is COc1ccc2c(O[C@H]3CCN(CC(=O)N4CCC[C@H]4C#N)C3)ccnc2c1. The first-order valence-corrected chi connectivity index (χ1v) is 9.69. The zero-order chi connectivity index (χ0) is 19.5. The van der Waals surface area contributed by atoms with Crippen LogP contribution in [0, 0.1) is 11.3 Å². The van der Waals surface area contributed by atoms with Crippen LogP contribution in [-0.4, -0.2) is 66.1 Å². The van der Waals surface area contributed by atoms with E-state index in [0.717, 1.165) is 48.2 Å². The van der Waals surface area contributed by atoms with E-state index in [1.165, 1.54) is 0 Å². The van der Waals surface area contributed by atoms with Crippen molar-refractivity contribution in [2.75, 3.05) is 33.3 Å². The Morgan fingerprint density at radius 1 is 1.32 bits per heavy atom. The first-order chi connectivity index (χ1) is 13.7. The monoisotopic (exact) mass is 380 g/mol. The lowest BCUT2D eigenvalue weighted by Crippen LogP contribution is -2.42. The number of hydrogen-bond donors (Lipinski definition) is 0. The normalized spacial score (nSPS) is 22.4. The van der Waals surface area contributed by atoms with Crippen LogP contribution in [0.25, 0.3) is 10.9 Å². The van der Waals surface area contributed by atoms with Gasteiger partial charge in [-0.15, -0.1) is 0 Å². The summed E-state index contributed by atoms with van der Waals surface area (Å²) in [6.45, 7) is 2.57. The van der Waals surface area contributed by atoms with E-state index in [1.807, 2.05) is 24.3 Å². The molecule has 146 valence electrons. The van der Waals surface area contributed by atoms with Gasteiger partial charge in [-0.3, -0.25) is 14.7 Å². The number of rotatable bonds is 5. The molecule has 1 amide bonds. The van der Waals surface area contributed by atoms with Crippen molar-refractivity contribution in [1.29, 1.82) is 5.26 Å². The van der Waals surface area contributed by atoms with E-state index in [4.69, 9.17) is 9.47 Å². The van der Waals surface area contributed by atoms with E-state index in [2.05, 4.69) is 16.0 Å². The van der Waals surface area contributed by atoms with Gasteiger partial charge in [-0.2, -0.15) is 5.26 Å². The summed E-state index contributed by atoms with van der Waals surface area (Å²) in [6.07, 6.45) is 4.34. The van der Waals surface area contributed by atoms with Crippen LogP contribution in [-0.2, 0) is 4.79 Å². The number of aromatic nitrogens is 1. The van der Waals surface area contributed by atoms with Gasteiger partial charge in [-0.1, -0.05) is 0 Å². The molecule has 4 rings (SSSR count). The summed E-state index contributed by atoms with van der Waals surface area (Å²) in [5, 5.41) is 10.1. The molecule has 0 unspecified atom stereocenters. The number of nitriles is 1. The molecule has 0 aliphatic carbocycles. The molecule has 1 aromatic heterocycles. The third-order valence-corrected chi connectivity index (χ3v) is 5.51. The van der Waals surface area contributed by atoms with E-state index in [9.17, 15) is 10.1 Å². The quantitative estimate of drug-likeness (QED) is 0.791. The molecule has 1 aromatic carbocycles. The highest BCUT2D eigenvalue weighted by molar-refractivity contribution is 5.86. The molecule has 28 heavy (non-hydrogen) atoms. The number of methoxy groups -OCH3 is 1. The fourth-order valence-corrected chi connectivity index (χ4v) is 4.03. The number of amides is 1. The summed E-state index contributed by atoms with van der Waals surface area (Å²) in [6, 6.07) is 9.60. The second-order valence-electron chi connectivity index (χ2n) is 7.33. The summed E-state index contributed by atoms with van der Waals surface area (Å²) >= 11 is 0. The number of ether oxygens (including phenoxy) is 2. The topological polar surface area (TPSA) is 78.7 Å². The molecule has 0 saturated carbocycles. The Hall–Kier alpha value is -2.85. The lowest BCUT2D eigenvalue weighted by molar-refractivity contribution is -0.132. The largest absolute Gasteiger partial charge is 0.497 e. The Kier molecular flexibility index (Phi) is 5.31. The van der Waals surface area contributed by atoms with Crippen molar-refractivity contribution >= 4 is 16.8 Å². The summed E-state index contributed by atoms with van der Waals surface area (Å²) in [4.78, 5) is 20.8. The third-order valence-electron chi connectivity index (χ3n) is 5.51. The van der Waals surface area contributed by atoms with E-state index in [0.29, 0.717) is 19.6 Å². The predicted octanol–water partition coefficient (Wildman–Crippen LogP) is 2.21. The van der Waals surface area contributed by atoms with Crippen molar-refractivity contribution in [3.63, 3.8) is 0 Å². The van der Waals surface area contributed by atoms with Crippen LogP contribution in [0.1, 0.15) is 19.3 Å². The Morgan fingerprint density at radius 2 is 2.21 bits per heavy atom. The van der Waals surface area contributed by atoms with Gasteiger partial charge in [-0.25, -0.2) is 0 Å². The van der Waals surface area contributed by atoms with Gasteiger partial charge in [0.2, 0.25) is 5.91 Å². The first kappa shape index (κ1) is 18.5. The van der Waals surface area contributed by atoms with Gasteiger partial charge in [0.15, 0.2) is 0 Å². The molecule has 7 nitrogen and oxygen atoms in total. The standard InChI is InChI=1S/C21H24N4O3/c1-27-16-4-5-18-19(11-16)23-8-6-20(18)28-17-7-10-24(13-17)14-21(26)25-9-2-3-15(25)12-22/h4-6,8,11,15,17H,2-3,7,9-10,13-14H2,1H3/t15-,17-/m0/s1. The van der Waals surface area contributed by atoms with Crippen molar-refractivity contribution in [2.45, 2.75) is 31.4 Å². The van der Waals surface area contributed by atoms with Crippen LogP contribution >= 0.6 is 0 Å². The number of pyridine rings is 1. The zero-order valence-corrected chi connectivity index (χ0v) is 16.0. The minimum atomic E-state index is -0.262. The summed E-state index contributed by atoms with van der Waals surface area (Å²) < 4.78 is 11.5. The molecule has 2 saturated heterocycles. The highest BCUT2D eigenvalue weighted by atomic mass is 16.5. The Balaban J connectivity index is 1.38. The van der Waals surface area contributed by atoms with Crippen LogP contribution < -0.4 is 9.47 Å². The van der Waals surface area contributed by atoms with Gasteiger partial charge in [0.25, 0.3) is 0 Å². The second-order valence-corrected chi connectivity index (χ2v) is 7.33. The summed E-state index contributed by atoms with van der Waals surface area (Å²) in [5.41, 5.74) is 0.832. The second kappa shape index (κ2) is 8.03. The number of carbonyl (C=O) groups is 1. The van der Waals surface area contributed by atoms with Gasteiger partial charge in [0.05, 0.1) is 25.2 Å². The van der Waals surface area contributed by atoms with Gasteiger partial charge in [-0.05, 0) is 37.5 Å². The highest BCUT2D eigenvalue weighted by Crippen LogP contribution is 2.29. The van der Waals surface area contributed by atoms with Crippen LogP contribution in [0.2, 0.25) is 0 Å². The van der Waals surface area contributed by atoms with Crippen molar-refractivity contribution in [3.8, 4) is 17.6 Å². The van der Waals surface area contributed by atoms with Crippen LogP contribution in [0.15, 0.2) is 30.5 Å². The molecule has 0 spiro atoms. The molecule has 2 aliphatic rings. The van der Waals surface area contributed by atoms with Crippen LogP contribution in [0.5, 0.6) is 11.5 Å². The first-order valence-electron chi connectivity index (χ1n) is 9.69. The maximum absolute atomic E-state index is 12.5.